The van der Waals surface area contributed by atoms with Gasteiger partial charge in [-0.15, -0.1) is 0 Å². The summed E-state index contributed by atoms with van der Waals surface area (Å²) in [5.41, 5.74) is -0.742. The van der Waals surface area contributed by atoms with Gasteiger partial charge in [0.25, 0.3) is 0 Å². The molecule has 0 aromatic carbocycles. The summed E-state index contributed by atoms with van der Waals surface area (Å²) in [6.07, 6.45) is 0.204. The first-order valence-electron chi connectivity index (χ1n) is 12.7. The van der Waals surface area contributed by atoms with Crippen molar-refractivity contribution in [3.63, 3.8) is 0 Å². The number of hydrogen-bond donors (Lipinski definition) is 1. The average Bonchev–Trinajstić information content (AvgIpc) is 3.21. The highest BCUT2D eigenvalue weighted by Gasteiger charge is 2.64. The van der Waals surface area contributed by atoms with E-state index in [0.717, 1.165) is 0 Å². The fraction of sp³-hybridized carbons (Fsp3) is 0.750. The van der Waals surface area contributed by atoms with Crippen molar-refractivity contribution in [2.45, 2.75) is 109 Å². The monoisotopic (exact) mass is 559 g/mol. The molecule has 4 atom stereocenters. The van der Waals surface area contributed by atoms with Gasteiger partial charge in [-0.25, -0.2) is 14.4 Å². The number of ether oxygens (including phenoxy) is 1. The van der Waals surface area contributed by atoms with E-state index in [9.17, 15) is 9.50 Å². The highest BCUT2D eigenvalue weighted by Crippen LogP contribution is 2.51. The van der Waals surface area contributed by atoms with Gasteiger partial charge in [0.15, 0.2) is 12.0 Å². The van der Waals surface area contributed by atoms with Crippen LogP contribution in [0, 0.1) is 5.82 Å². The SMILES string of the molecule is CC(C)[Si]1(C(C)C)OC[C@H]2O[C@@H](n3cc(F)c4c(Cl)ncnc43)[C@@](C)(O)[C@@H]2O[Si](C(C)C)(C(C)C)O1. The minimum atomic E-state index is -2.98. The van der Waals surface area contributed by atoms with Gasteiger partial charge in [-0.1, -0.05) is 67.0 Å². The number of hydrogen-bond acceptors (Lipinski definition) is 7. The summed E-state index contributed by atoms with van der Waals surface area (Å²) in [5, 5.41) is 12.0. The van der Waals surface area contributed by atoms with Gasteiger partial charge in [0.2, 0.25) is 0 Å². The lowest BCUT2D eigenvalue weighted by Crippen LogP contribution is -2.66. The molecular weight excluding hydrogens is 521 g/mol. The Labute approximate surface area is 220 Å². The average molecular weight is 560 g/mol. The van der Waals surface area contributed by atoms with Gasteiger partial charge in [-0.05, 0) is 29.1 Å². The highest BCUT2D eigenvalue weighted by atomic mass is 35.5. The van der Waals surface area contributed by atoms with Crippen molar-refractivity contribution in [2.24, 2.45) is 0 Å². The predicted molar refractivity (Wildman–Crippen MR) is 141 cm³/mol. The summed E-state index contributed by atoms with van der Waals surface area (Å²) in [7, 11) is -5.74. The van der Waals surface area contributed by atoms with Crippen LogP contribution >= 0.6 is 11.6 Å². The first kappa shape index (κ1) is 28.1. The molecule has 1 N–H and O–H groups in total. The smallest absolute Gasteiger partial charge is 0.335 e. The molecule has 0 spiro atoms. The fourth-order valence-electron chi connectivity index (χ4n) is 5.87. The van der Waals surface area contributed by atoms with E-state index >= 15 is 0 Å². The lowest BCUT2D eigenvalue weighted by atomic mass is 9.96. The Balaban J connectivity index is 1.84. The quantitative estimate of drug-likeness (QED) is 0.364. The van der Waals surface area contributed by atoms with Crippen LogP contribution in [0.2, 0.25) is 27.3 Å². The van der Waals surface area contributed by atoms with Crippen molar-refractivity contribution in [1.29, 1.82) is 0 Å². The number of halogens is 2. The molecule has 0 aliphatic carbocycles. The van der Waals surface area contributed by atoms with E-state index in [2.05, 4.69) is 65.4 Å². The molecule has 202 valence electrons. The van der Waals surface area contributed by atoms with Crippen molar-refractivity contribution in [3.8, 4) is 0 Å². The maximum absolute atomic E-state index is 14.9. The van der Waals surface area contributed by atoms with Gasteiger partial charge in [0.05, 0.1) is 12.0 Å². The van der Waals surface area contributed by atoms with Gasteiger partial charge in [-0.2, -0.15) is 0 Å². The Kier molecular flexibility index (Phi) is 7.55. The van der Waals surface area contributed by atoms with Crippen LogP contribution in [0.5, 0.6) is 0 Å². The zero-order valence-electron chi connectivity index (χ0n) is 22.6. The van der Waals surface area contributed by atoms with Crippen molar-refractivity contribution in [2.75, 3.05) is 6.61 Å². The molecule has 2 aromatic rings. The molecule has 4 heterocycles. The van der Waals surface area contributed by atoms with Crippen LogP contribution < -0.4 is 0 Å². The number of nitrogens with zero attached hydrogens (tertiary/aromatic N) is 3. The van der Waals surface area contributed by atoms with Gasteiger partial charge < -0.3 is 22.8 Å². The molecule has 0 unspecified atom stereocenters. The predicted octanol–water partition coefficient (Wildman–Crippen LogP) is 5.83. The zero-order valence-corrected chi connectivity index (χ0v) is 25.3. The van der Waals surface area contributed by atoms with Crippen LogP contribution in [0.25, 0.3) is 11.0 Å². The lowest BCUT2D eigenvalue weighted by Gasteiger charge is -2.52. The Hall–Kier alpha value is -0.926. The number of rotatable bonds is 5. The van der Waals surface area contributed by atoms with Crippen LogP contribution in [0.1, 0.15) is 68.5 Å². The van der Waals surface area contributed by atoms with Crippen molar-refractivity contribution in [1.82, 2.24) is 14.5 Å². The van der Waals surface area contributed by atoms with Gasteiger partial charge in [-0.3, -0.25) is 4.57 Å². The molecule has 2 saturated heterocycles. The second-order valence-electron chi connectivity index (χ2n) is 11.5. The molecule has 2 fully saturated rings. The minimum Gasteiger partial charge on any atom is -0.414 e. The molecule has 12 heteroatoms. The minimum absolute atomic E-state index is 0.00331. The van der Waals surface area contributed by atoms with Gasteiger partial charge in [0.1, 0.15) is 34.9 Å². The normalized spacial score (nSPS) is 30.4. The summed E-state index contributed by atoms with van der Waals surface area (Å²) in [5.74, 6) is -0.584. The van der Waals surface area contributed by atoms with Crippen molar-refractivity contribution in [3.05, 3.63) is 23.5 Å². The molecule has 36 heavy (non-hydrogen) atoms. The van der Waals surface area contributed by atoms with Crippen molar-refractivity contribution < 1.29 is 27.2 Å². The maximum atomic E-state index is 14.9. The fourth-order valence-corrected chi connectivity index (χ4v) is 17.4. The Morgan fingerprint density at radius 3 is 2.19 bits per heavy atom. The van der Waals surface area contributed by atoms with Gasteiger partial charge >= 0.3 is 17.1 Å². The van der Waals surface area contributed by atoms with E-state index in [1.54, 1.807) is 6.92 Å². The topological polar surface area (TPSA) is 87.9 Å². The lowest BCUT2D eigenvalue weighted by molar-refractivity contribution is -0.0936. The van der Waals surface area contributed by atoms with E-state index in [-0.39, 0.29) is 45.0 Å². The first-order chi connectivity index (χ1) is 16.7. The van der Waals surface area contributed by atoms with Crippen LogP contribution in [0.15, 0.2) is 12.5 Å². The molecule has 0 radical (unpaired) electrons. The number of aromatic nitrogens is 3. The third-order valence-corrected chi connectivity index (χ3v) is 18.3. The van der Waals surface area contributed by atoms with E-state index in [1.165, 1.54) is 17.1 Å². The van der Waals surface area contributed by atoms with Gasteiger partial charge in [0, 0.05) is 6.20 Å². The molecule has 2 aliphatic heterocycles. The van der Waals surface area contributed by atoms with E-state index in [1.807, 2.05) is 0 Å². The van der Waals surface area contributed by atoms with Crippen LogP contribution in [0.3, 0.4) is 0 Å². The summed E-state index contributed by atoms with van der Waals surface area (Å²) in [4.78, 5) is 8.13. The molecule has 0 saturated carbocycles. The summed E-state index contributed by atoms with van der Waals surface area (Å²) < 4.78 is 43.8. The number of aliphatic hydroxyl groups is 1. The van der Waals surface area contributed by atoms with E-state index in [0.29, 0.717) is 0 Å². The Morgan fingerprint density at radius 2 is 1.64 bits per heavy atom. The summed E-state index contributed by atoms with van der Waals surface area (Å²) in [6.45, 7) is 19.0. The van der Waals surface area contributed by atoms with Crippen LogP contribution in [0.4, 0.5) is 4.39 Å². The standard InChI is InChI=1S/C24H39ClFN3O5Si2/c1-13(2)35(14(3)4)31-11-18-20(33-36(34-35,15(5)6)16(7)8)24(9,30)23(32-18)29-10-17(26)19-21(25)27-12-28-22(19)29/h10,12-16,18,20,23,30H,11H2,1-9H3/t18-,20-,23-,24+/m1/s1. The van der Waals surface area contributed by atoms with Crippen molar-refractivity contribution >= 4 is 39.8 Å². The summed E-state index contributed by atoms with van der Waals surface area (Å²) in [6, 6.07) is 0. The Morgan fingerprint density at radius 1 is 1.06 bits per heavy atom. The van der Waals surface area contributed by atoms with E-state index in [4.69, 9.17) is 29.3 Å². The third-order valence-electron chi connectivity index (χ3n) is 7.81. The largest absolute Gasteiger partial charge is 0.414 e. The first-order valence-corrected chi connectivity index (χ1v) is 17.1. The summed E-state index contributed by atoms with van der Waals surface area (Å²) >= 11 is 6.16. The molecule has 2 aliphatic rings. The molecular formula is C24H39ClFN3O5Si2. The molecule has 4 rings (SSSR count). The molecule has 8 nitrogen and oxygen atoms in total. The van der Waals surface area contributed by atoms with Crippen LogP contribution in [-0.4, -0.2) is 61.2 Å². The molecule has 0 bridgehead atoms. The molecule has 0 amide bonds. The maximum Gasteiger partial charge on any atom is 0.335 e. The van der Waals surface area contributed by atoms with Crippen LogP contribution in [-0.2, 0) is 17.7 Å². The zero-order chi connectivity index (χ0) is 26.8. The second-order valence-corrected chi connectivity index (χ2v) is 20.7. The third kappa shape index (κ3) is 4.19. The molecule has 2 aromatic heterocycles. The second kappa shape index (κ2) is 9.67. The number of fused-ring (bicyclic) bond motifs is 2. The Bertz CT molecular complexity index is 1100. The highest BCUT2D eigenvalue weighted by molar-refractivity contribution is 6.84. The van der Waals surface area contributed by atoms with E-state index < -0.39 is 47.0 Å².